The first-order valence-corrected chi connectivity index (χ1v) is 11.5. The van der Waals surface area contributed by atoms with E-state index in [2.05, 4.69) is 11.8 Å². The molecule has 0 N–H and O–H groups in total. The summed E-state index contributed by atoms with van der Waals surface area (Å²) in [4.78, 5) is 40.1. The molecule has 7 nitrogen and oxygen atoms in total. The molecule has 0 radical (unpaired) electrons. The molecule has 1 amide bonds. The second-order valence-corrected chi connectivity index (χ2v) is 10.1. The number of carbonyl (C=O) groups excluding carboxylic acids is 3. The van der Waals surface area contributed by atoms with Crippen molar-refractivity contribution in [3.8, 4) is 0 Å². The van der Waals surface area contributed by atoms with E-state index in [4.69, 9.17) is 9.47 Å². The largest absolute Gasteiger partial charge is 0.465 e. The summed E-state index contributed by atoms with van der Waals surface area (Å²) in [5.41, 5.74) is 0.774. The molecule has 4 aliphatic heterocycles. The molecule has 4 fully saturated rings. The zero-order valence-corrected chi connectivity index (χ0v) is 17.8. The van der Waals surface area contributed by atoms with Gasteiger partial charge in [0.15, 0.2) is 0 Å². The smallest absolute Gasteiger partial charge is 0.333 e. The molecule has 0 aromatic rings. The van der Waals surface area contributed by atoms with Gasteiger partial charge in [-0.25, -0.2) is 4.79 Å². The van der Waals surface area contributed by atoms with Gasteiger partial charge in [-0.05, 0) is 69.0 Å². The SMILES string of the molecule is CC1C(CCN2CCC3(CC2)CC(=O)N(C2=CC(=O)OC2)C3)CCC2C(=O)OCC21. The molecule has 1 saturated carbocycles. The predicted octanol–water partition coefficient (Wildman–Crippen LogP) is 1.97. The van der Waals surface area contributed by atoms with E-state index in [0.717, 1.165) is 57.6 Å². The van der Waals surface area contributed by atoms with Gasteiger partial charge in [0, 0.05) is 25.0 Å². The number of nitrogens with zero attached hydrogens (tertiary/aromatic N) is 2. The van der Waals surface area contributed by atoms with Gasteiger partial charge in [-0.15, -0.1) is 0 Å². The van der Waals surface area contributed by atoms with E-state index in [0.29, 0.717) is 30.8 Å². The first-order chi connectivity index (χ1) is 14.4. The van der Waals surface area contributed by atoms with Crippen LogP contribution in [-0.4, -0.2) is 67.0 Å². The van der Waals surface area contributed by atoms with Gasteiger partial charge in [-0.2, -0.15) is 0 Å². The molecule has 4 unspecified atom stereocenters. The number of hydrogen-bond acceptors (Lipinski definition) is 6. The highest BCUT2D eigenvalue weighted by molar-refractivity contribution is 5.88. The Morgan fingerprint density at radius 3 is 2.67 bits per heavy atom. The van der Waals surface area contributed by atoms with Crippen molar-refractivity contribution in [2.75, 3.05) is 39.4 Å². The van der Waals surface area contributed by atoms with Crippen molar-refractivity contribution >= 4 is 17.8 Å². The van der Waals surface area contributed by atoms with Crippen molar-refractivity contribution < 1.29 is 23.9 Å². The van der Waals surface area contributed by atoms with Crippen molar-refractivity contribution in [3.05, 3.63) is 11.8 Å². The molecule has 4 heterocycles. The zero-order valence-electron chi connectivity index (χ0n) is 17.8. The third-order valence-electron chi connectivity index (χ3n) is 8.55. The van der Waals surface area contributed by atoms with Gasteiger partial charge < -0.3 is 19.3 Å². The Morgan fingerprint density at radius 1 is 1.13 bits per heavy atom. The first-order valence-electron chi connectivity index (χ1n) is 11.5. The average Bonchev–Trinajstić information content (AvgIpc) is 3.41. The zero-order chi connectivity index (χ0) is 20.9. The molecule has 1 spiro atoms. The van der Waals surface area contributed by atoms with Crippen LogP contribution in [0.2, 0.25) is 0 Å². The number of amides is 1. The third kappa shape index (κ3) is 3.55. The molecule has 5 rings (SSSR count). The Bertz CT molecular complexity index is 770. The van der Waals surface area contributed by atoms with E-state index in [1.54, 1.807) is 4.90 Å². The minimum atomic E-state index is -0.342. The third-order valence-corrected chi connectivity index (χ3v) is 8.55. The predicted molar refractivity (Wildman–Crippen MR) is 108 cm³/mol. The van der Waals surface area contributed by atoms with Crippen molar-refractivity contribution in [2.24, 2.45) is 29.1 Å². The standard InChI is InChI=1S/C23H32N2O5/c1-15-16(2-3-18-19(15)13-30-22(18)28)4-7-24-8-5-23(6-9-24)11-20(26)25(14-23)17-10-21(27)29-12-17/h10,15-16,18-19H,2-9,11-14H2,1H3. The lowest BCUT2D eigenvalue weighted by atomic mass is 9.67. The Morgan fingerprint density at radius 2 is 1.93 bits per heavy atom. The second kappa shape index (κ2) is 7.66. The maximum Gasteiger partial charge on any atom is 0.333 e. The monoisotopic (exact) mass is 416 g/mol. The summed E-state index contributed by atoms with van der Waals surface area (Å²) in [5.74, 6) is 1.60. The number of piperidine rings is 1. The van der Waals surface area contributed by atoms with Crippen LogP contribution in [-0.2, 0) is 23.9 Å². The summed E-state index contributed by atoms with van der Waals surface area (Å²) >= 11 is 0. The minimum Gasteiger partial charge on any atom is -0.465 e. The Hall–Kier alpha value is -1.89. The quantitative estimate of drug-likeness (QED) is 0.652. The highest BCUT2D eigenvalue weighted by Crippen LogP contribution is 2.45. The molecule has 1 aliphatic carbocycles. The van der Waals surface area contributed by atoms with Crippen LogP contribution in [0.25, 0.3) is 0 Å². The number of cyclic esters (lactones) is 2. The molecule has 5 aliphatic rings. The Labute approximate surface area is 177 Å². The van der Waals surface area contributed by atoms with Crippen LogP contribution in [0.1, 0.15) is 45.4 Å². The molecular formula is C23H32N2O5. The van der Waals surface area contributed by atoms with Crippen LogP contribution < -0.4 is 0 Å². The lowest BCUT2D eigenvalue weighted by molar-refractivity contribution is -0.141. The van der Waals surface area contributed by atoms with Gasteiger partial charge in [0.05, 0.1) is 18.2 Å². The number of fused-ring (bicyclic) bond motifs is 1. The molecule has 0 aromatic heterocycles. The number of rotatable bonds is 4. The van der Waals surface area contributed by atoms with Crippen LogP contribution in [0.3, 0.4) is 0 Å². The minimum absolute atomic E-state index is 0.0241. The number of carbonyl (C=O) groups is 3. The summed E-state index contributed by atoms with van der Waals surface area (Å²) < 4.78 is 10.3. The lowest BCUT2D eigenvalue weighted by Crippen LogP contribution is -2.43. The van der Waals surface area contributed by atoms with E-state index < -0.39 is 0 Å². The summed E-state index contributed by atoms with van der Waals surface area (Å²) in [6.45, 7) is 7.03. The van der Waals surface area contributed by atoms with E-state index >= 15 is 0 Å². The van der Waals surface area contributed by atoms with Gasteiger partial charge >= 0.3 is 11.9 Å². The fourth-order valence-electron chi connectivity index (χ4n) is 6.45. The van der Waals surface area contributed by atoms with Gasteiger partial charge in [-0.1, -0.05) is 6.92 Å². The van der Waals surface area contributed by atoms with Crippen LogP contribution in [0.4, 0.5) is 0 Å². The molecule has 0 aromatic carbocycles. The van der Waals surface area contributed by atoms with E-state index in [-0.39, 0.29) is 35.8 Å². The Kier molecular flexibility index (Phi) is 5.12. The van der Waals surface area contributed by atoms with Crippen LogP contribution in [0.15, 0.2) is 11.8 Å². The highest BCUT2D eigenvalue weighted by atomic mass is 16.5. The van der Waals surface area contributed by atoms with E-state index in [1.807, 2.05) is 0 Å². The highest BCUT2D eigenvalue weighted by Gasteiger charge is 2.47. The Balaban J connectivity index is 1.11. The van der Waals surface area contributed by atoms with Gasteiger partial charge in [0.1, 0.15) is 6.61 Å². The number of hydrogen-bond donors (Lipinski definition) is 0. The molecular weight excluding hydrogens is 384 g/mol. The van der Waals surface area contributed by atoms with E-state index in [9.17, 15) is 14.4 Å². The second-order valence-electron chi connectivity index (χ2n) is 10.1. The molecule has 164 valence electrons. The van der Waals surface area contributed by atoms with Crippen molar-refractivity contribution in [1.82, 2.24) is 9.80 Å². The molecule has 3 saturated heterocycles. The fourth-order valence-corrected chi connectivity index (χ4v) is 6.45. The molecule has 7 heteroatoms. The summed E-state index contributed by atoms with van der Waals surface area (Å²) in [6.07, 6.45) is 7.42. The summed E-state index contributed by atoms with van der Waals surface area (Å²) in [7, 11) is 0. The first kappa shape index (κ1) is 20.0. The van der Waals surface area contributed by atoms with Gasteiger partial charge in [0.2, 0.25) is 5.91 Å². The van der Waals surface area contributed by atoms with Crippen molar-refractivity contribution in [3.63, 3.8) is 0 Å². The summed E-state index contributed by atoms with van der Waals surface area (Å²) in [5, 5.41) is 0. The normalized spacial score (nSPS) is 36.1. The van der Waals surface area contributed by atoms with Gasteiger partial charge in [0.25, 0.3) is 0 Å². The van der Waals surface area contributed by atoms with Crippen LogP contribution in [0.5, 0.6) is 0 Å². The fraction of sp³-hybridized carbons (Fsp3) is 0.783. The van der Waals surface area contributed by atoms with Crippen LogP contribution in [0, 0.1) is 29.1 Å². The van der Waals surface area contributed by atoms with Crippen molar-refractivity contribution in [1.29, 1.82) is 0 Å². The maximum atomic E-state index is 12.6. The summed E-state index contributed by atoms with van der Waals surface area (Å²) in [6, 6.07) is 0. The number of esters is 2. The van der Waals surface area contributed by atoms with Gasteiger partial charge in [-0.3, -0.25) is 9.59 Å². The van der Waals surface area contributed by atoms with E-state index in [1.165, 1.54) is 12.5 Å². The lowest BCUT2D eigenvalue weighted by Gasteiger charge is -2.41. The molecule has 4 atom stereocenters. The average molecular weight is 417 g/mol. The topological polar surface area (TPSA) is 76.2 Å². The maximum absolute atomic E-state index is 12.6. The molecule has 0 bridgehead atoms. The molecule has 30 heavy (non-hydrogen) atoms. The van der Waals surface area contributed by atoms with Crippen LogP contribution >= 0.6 is 0 Å². The number of ether oxygens (including phenoxy) is 2. The number of likely N-dealkylation sites (tertiary alicyclic amines) is 2. The van der Waals surface area contributed by atoms with Crippen molar-refractivity contribution in [2.45, 2.75) is 45.4 Å².